The summed E-state index contributed by atoms with van der Waals surface area (Å²) >= 11 is 0. The van der Waals surface area contributed by atoms with Crippen molar-refractivity contribution in [1.82, 2.24) is 20.0 Å². The van der Waals surface area contributed by atoms with Crippen molar-refractivity contribution in [1.29, 1.82) is 0 Å². The number of hydrogen-bond donors (Lipinski definition) is 0. The van der Waals surface area contributed by atoms with E-state index in [4.69, 9.17) is 4.42 Å². The van der Waals surface area contributed by atoms with E-state index >= 15 is 0 Å². The van der Waals surface area contributed by atoms with Crippen molar-refractivity contribution in [2.75, 3.05) is 26.7 Å². The van der Waals surface area contributed by atoms with Crippen LogP contribution in [-0.4, -0.2) is 52.6 Å². The zero-order valence-corrected chi connectivity index (χ0v) is 15.0. The summed E-state index contributed by atoms with van der Waals surface area (Å²) in [5, 5.41) is 8.49. The molecule has 1 saturated carbocycles. The smallest absolute Gasteiger partial charge is 0.233 e. The van der Waals surface area contributed by atoms with E-state index in [1.807, 2.05) is 4.90 Å². The third-order valence-electron chi connectivity index (χ3n) is 5.66. The van der Waals surface area contributed by atoms with Crippen LogP contribution in [-0.2, 0) is 11.2 Å². The number of aromatic nitrogens is 2. The number of carbonyl (C=O) groups excluding carboxylic acids is 1. The summed E-state index contributed by atoms with van der Waals surface area (Å²) in [6.45, 7) is 7.11. The third kappa shape index (κ3) is 3.08. The molecule has 1 atom stereocenters. The molecule has 0 N–H and O–H groups in total. The van der Waals surface area contributed by atoms with Gasteiger partial charge in [-0.1, -0.05) is 13.8 Å². The van der Waals surface area contributed by atoms with Crippen LogP contribution in [0.5, 0.6) is 0 Å². The van der Waals surface area contributed by atoms with Crippen LogP contribution in [0.1, 0.15) is 57.4 Å². The first kappa shape index (κ1) is 16.1. The highest BCUT2D eigenvalue weighted by molar-refractivity contribution is 5.77. The molecule has 2 saturated heterocycles. The predicted octanol–water partition coefficient (Wildman–Crippen LogP) is 2.27. The van der Waals surface area contributed by atoms with E-state index in [9.17, 15) is 4.79 Å². The number of hydrogen-bond acceptors (Lipinski definition) is 5. The van der Waals surface area contributed by atoms with Crippen LogP contribution in [0.3, 0.4) is 0 Å². The molecule has 0 radical (unpaired) electrons. The van der Waals surface area contributed by atoms with Gasteiger partial charge in [0.25, 0.3) is 0 Å². The standard InChI is InChI=1S/C18H28N4O2/c1-12(2)6-15-19-20-17(24-15)14-8-18(9-21(14)3)10-22(11-18)16(23)7-13-4-5-13/h12-14H,4-11H2,1-3H3. The minimum atomic E-state index is 0.194. The van der Waals surface area contributed by atoms with Gasteiger partial charge < -0.3 is 9.32 Å². The van der Waals surface area contributed by atoms with Gasteiger partial charge in [-0.15, -0.1) is 10.2 Å². The molecule has 132 valence electrons. The number of amides is 1. The van der Waals surface area contributed by atoms with Gasteiger partial charge in [-0.25, -0.2) is 0 Å². The molecule has 0 aromatic carbocycles. The van der Waals surface area contributed by atoms with Gasteiger partial charge in [0.2, 0.25) is 17.7 Å². The van der Waals surface area contributed by atoms with E-state index in [1.165, 1.54) is 12.8 Å². The Bertz CT molecular complexity index is 616. The highest BCUT2D eigenvalue weighted by Crippen LogP contribution is 2.48. The zero-order chi connectivity index (χ0) is 16.9. The Labute approximate surface area is 143 Å². The molecule has 4 rings (SSSR count). The summed E-state index contributed by atoms with van der Waals surface area (Å²) in [4.78, 5) is 16.6. The molecule has 1 aliphatic carbocycles. The molecule has 1 unspecified atom stereocenters. The van der Waals surface area contributed by atoms with Gasteiger partial charge in [-0.3, -0.25) is 9.69 Å². The van der Waals surface area contributed by atoms with E-state index in [2.05, 4.69) is 36.0 Å². The molecule has 6 nitrogen and oxygen atoms in total. The van der Waals surface area contributed by atoms with Gasteiger partial charge in [-0.2, -0.15) is 0 Å². The second-order valence-electron chi connectivity index (χ2n) is 8.66. The average molecular weight is 332 g/mol. The normalized spacial score (nSPS) is 26.3. The van der Waals surface area contributed by atoms with Gasteiger partial charge in [0.15, 0.2) is 0 Å². The summed E-state index contributed by atoms with van der Waals surface area (Å²) in [5.41, 5.74) is 0.227. The lowest BCUT2D eigenvalue weighted by Gasteiger charge is -2.48. The minimum Gasteiger partial charge on any atom is -0.424 e. The lowest BCUT2D eigenvalue weighted by molar-refractivity contribution is -0.143. The Hall–Kier alpha value is -1.43. The van der Waals surface area contributed by atoms with Crippen molar-refractivity contribution in [3.63, 3.8) is 0 Å². The summed E-state index contributed by atoms with van der Waals surface area (Å²) in [5.74, 6) is 3.03. The molecule has 1 aromatic rings. The molecule has 24 heavy (non-hydrogen) atoms. The fourth-order valence-corrected chi connectivity index (χ4v) is 4.25. The van der Waals surface area contributed by atoms with Crippen molar-refractivity contribution >= 4 is 5.91 Å². The fourth-order valence-electron chi connectivity index (χ4n) is 4.25. The molecule has 3 aliphatic rings. The van der Waals surface area contributed by atoms with Crippen LogP contribution >= 0.6 is 0 Å². The maximum Gasteiger partial charge on any atom is 0.233 e. The molecule has 1 spiro atoms. The average Bonchev–Trinajstić information content (AvgIpc) is 3.04. The van der Waals surface area contributed by atoms with E-state index in [0.717, 1.165) is 50.7 Å². The maximum atomic E-state index is 12.2. The summed E-state index contributed by atoms with van der Waals surface area (Å²) in [6.07, 6.45) is 5.09. The quantitative estimate of drug-likeness (QED) is 0.828. The molecular formula is C18H28N4O2. The van der Waals surface area contributed by atoms with Crippen molar-refractivity contribution in [2.24, 2.45) is 17.3 Å². The minimum absolute atomic E-state index is 0.194. The summed E-state index contributed by atoms with van der Waals surface area (Å²) < 4.78 is 5.90. The number of carbonyl (C=O) groups is 1. The van der Waals surface area contributed by atoms with Crippen LogP contribution in [0.4, 0.5) is 0 Å². The Morgan fingerprint density at radius 3 is 2.71 bits per heavy atom. The largest absolute Gasteiger partial charge is 0.424 e. The lowest BCUT2D eigenvalue weighted by atomic mass is 9.77. The fraction of sp³-hybridized carbons (Fsp3) is 0.833. The molecule has 1 aromatic heterocycles. The number of nitrogens with zero attached hydrogens (tertiary/aromatic N) is 4. The number of likely N-dealkylation sites (tertiary alicyclic amines) is 2. The maximum absolute atomic E-state index is 12.2. The zero-order valence-electron chi connectivity index (χ0n) is 15.0. The van der Waals surface area contributed by atoms with Crippen molar-refractivity contribution in [3.05, 3.63) is 11.8 Å². The van der Waals surface area contributed by atoms with E-state index in [1.54, 1.807) is 0 Å². The first-order valence-electron chi connectivity index (χ1n) is 9.24. The van der Waals surface area contributed by atoms with Gasteiger partial charge in [0, 0.05) is 37.9 Å². The Kier molecular flexibility index (Phi) is 3.90. The van der Waals surface area contributed by atoms with Crippen LogP contribution < -0.4 is 0 Å². The van der Waals surface area contributed by atoms with Crippen LogP contribution in [0.2, 0.25) is 0 Å². The van der Waals surface area contributed by atoms with E-state index in [0.29, 0.717) is 17.7 Å². The van der Waals surface area contributed by atoms with Crippen LogP contribution in [0.25, 0.3) is 0 Å². The van der Waals surface area contributed by atoms with Crippen molar-refractivity contribution in [2.45, 2.75) is 52.0 Å². The lowest BCUT2D eigenvalue weighted by Crippen LogP contribution is -2.59. The van der Waals surface area contributed by atoms with Gasteiger partial charge in [-0.05, 0) is 38.1 Å². The monoisotopic (exact) mass is 332 g/mol. The van der Waals surface area contributed by atoms with Crippen molar-refractivity contribution < 1.29 is 9.21 Å². The first-order chi connectivity index (χ1) is 11.4. The van der Waals surface area contributed by atoms with Crippen LogP contribution in [0, 0.1) is 17.3 Å². The topological polar surface area (TPSA) is 62.5 Å². The second kappa shape index (κ2) is 5.83. The first-order valence-corrected chi connectivity index (χ1v) is 9.24. The van der Waals surface area contributed by atoms with Gasteiger partial charge >= 0.3 is 0 Å². The van der Waals surface area contributed by atoms with Gasteiger partial charge in [0.1, 0.15) is 0 Å². The third-order valence-corrected chi connectivity index (χ3v) is 5.66. The number of rotatable bonds is 5. The Balaban J connectivity index is 1.36. The highest BCUT2D eigenvalue weighted by atomic mass is 16.4. The van der Waals surface area contributed by atoms with E-state index < -0.39 is 0 Å². The molecule has 3 heterocycles. The Morgan fingerprint density at radius 2 is 2.04 bits per heavy atom. The molecule has 0 bridgehead atoms. The Morgan fingerprint density at radius 1 is 1.29 bits per heavy atom. The van der Waals surface area contributed by atoms with Crippen LogP contribution in [0.15, 0.2) is 4.42 Å². The van der Waals surface area contributed by atoms with E-state index in [-0.39, 0.29) is 11.5 Å². The van der Waals surface area contributed by atoms with Gasteiger partial charge in [0.05, 0.1) is 6.04 Å². The molecule has 6 heteroatoms. The van der Waals surface area contributed by atoms with Crippen molar-refractivity contribution in [3.8, 4) is 0 Å². The summed E-state index contributed by atoms with van der Waals surface area (Å²) in [6, 6.07) is 0.194. The molecule has 3 fully saturated rings. The molecule has 1 amide bonds. The summed E-state index contributed by atoms with van der Waals surface area (Å²) in [7, 11) is 2.13. The predicted molar refractivity (Wildman–Crippen MR) is 89.2 cm³/mol. The molecule has 2 aliphatic heterocycles. The SMILES string of the molecule is CC(C)Cc1nnc(C2CC3(CN(C(=O)CC4CC4)C3)CN2C)o1. The molecular weight excluding hydrogens is 304 g/mol. The highest BCUT2D eigenvalue weighted by Gasteiger charge is 2.53. The second-order valence-corrected chi connectivity index (χ2v) is 8.66.